The number of hydrogen-bond acceptors (Lipinski definition) is 1. The Morgan fingerprint density at radius 1 is 0.947 bits per heavy atom. The number of rotatable bonds is 2. The van der Waals surface area contributed by atoms with Gasteiger partial charge in [0.05, 0.1) is 0 Å². The molecule has 0 aromatic heterocycles. The number of aryl methyl sites for hydroxylation is 1. The standard InChI is InChI=1S/C18H27N/c1-19-18-10-6-5-9-15-11-12-16(13-17(15)18)14-7-3-2-4-8-14/h11-14,18-19H,2-10H2,1H3. The first-order valence-corrected chi connectivity index (χ1v) is 8.18. The summed E-state index contributed by atoms with van der Waals surface area (Å²) in [6.45, 7) is 0. The van der Waals surface area contributed by atoms with Gasteiger partial charge in [0, 0.05) is 6.04 Å². The van der Waals surface area contributed by atoms with Gasteiger partial charge >= 0.3 is 0 Å². The van der Waals surface area contributed by atoms with E-state index in [1.165, 1.54) is 57.8 Å². The van der Waals surface area contributed by atoms with Gasteiger partial charge < -0.3 is 5.32 Å². The van der Waals surface area contributed by atoms with Gasteiger partial charge in [0.25, 0.3) is 0 Å². The molecule has 1 unspecified atom stereocenters. The normalized spacial score (nSPS) is 24.8. The zero-order valence-electron chi connectivity index (χ0n) is 12.3. The quantitative estimate of drug-likeness (QED) is 0.756. The van der Waals surface area contributed by atoms with Gasteiger partial charge in [-0.2, -0.15) is 0 Å². The van der Waals surface area contributed by atoms with E-state index in [1.54, 1.807) is 16.7 Å². The minimum Gasteiger partial charge on any atom is -0.313 e. The molecule has 0 bridgehead atoms. The van der Waals surface area contributed by atoms with Crippen LogP contribution in [0.15, 0.2) is 18.2 Å². The van der Waals surface area contributed by atoms with Gasteiger partial charge in [-0.3, -0.25) is 0 Å². The lowest BCUT2D eigenvalue weighted by Gasteiger charge is -2.24. The lowest BCUT2D eigenvalue weighted by Crippen LogP contribution is -2.17. The molecule has 1 saturated carbocycles. The molecule has 104 valence electrons. The molecule has 2 aliphatic rings. The average Bonchev–Trinajstić information content (AvgIpc) is 2.69. The Morgan fingerprint density at radius 2 is 1.74 bits per heavy atom. The maximum absolute atomic E-state index is 3.53. The second kappa shape index (κ2) is 6.09. The first-order valence-electron chi connectivity index (χ1n) is 8.18. The third-order valence-corrected chi connectivity index (χ3v) is 5.16. The van der Waals surface area contributed by atoms with Crippen molar-refractivity contribution in [2.75, 3.05) is 7.05 Å². The van der Waals surface area contributed by atoms with Crippen molar-refractivity contribution in [3.8, 4) is 0 Å². The molecular weight excluding hydrogens is 230 g/mol. The summed E-state index contributed by atoms with van der Waals surface area (Å²) in [7, 11) is 2.12. The fraction of sp³-hybridized carbons (Fsp3) is 0.667. The Bertz CT molecular complexity index is 418. The molecule has 1 N–H and O–H groups in total. The maximum Gasteiger partial charge on any atom is 0.0320 e. The van der Waals surface area contributed by atoms with Gasteiger partial charge in [-0.05, 0) is 61.8 Å². The summed E-state index contributed by atoms with van der Waals surface area (Å²) in [5.74, 6) is 0.833. The monoisotopic (exact) mass is 257 g/mol. The predicted molar refractivity (Wildman–Crippen MR) is 81.6 cm³/mol. The van der Waals surface area contributed by atoms with Crippen LogP contribution in [0, 0.1) is 0 Å². The van der Waals surface area contributed by atoms with Crippen LogP contribution in [0.5, 0.6) is 0 Å². The Morgan fingerprint density at radius 3 is 2.53 bits per heavy atom. The van der Waals surface area contributed by atoms with Crippen molar-refractivity contribution < 1.29 is 0 Å². The summed E-state index contributed by atoms with van der Waals surface area (Å²) in [6.07, 6.45) is 12.4. The molecule has 0 radical (unpaired) electrons. The molecule has 0 saturated heterocycles. The highest BCUT2D eigenvalue weighted by molar-refractivity contribution is 5.37. The van der Waals surface area contributed by atoms with Gasteiger partial charge in [0.1, 0.15) is 0 Å². The van der Waals surface area contributed by atoms with Gasteiger partial charge in [-0.25, -0.2) is 0 Å². The minimum absolute atomic E-state index is 0.584. The zero-order chi connectivity index (χ0) is 13.1. The fourth-order valence-electron chi connectivity index (χ4n) is 3.97. The van der Waals surface area contributed by atoms with Gasteiger partial charge in [0.15, 0.2) is 0 Å². The van der Waals surface area contributed by atoms with Gasteiger partial charge in [-0.1, -0.05) is 43.9 Å². The molecule has 1 aromatic rings. The van der Waals surface area contributed by atoms with Crippen LogP contribution in [-0.4, -0.2) is 7.05 Å². The number of nitrogens with one attached hydrogen (secondary N) is 1. The molecule has 1 aromatic carbocycles. The average molecular weight is 257 g/mol. The van der Waals surface area contributed by atoms with E-state index in [0.717, 1.165) is 5.92 Å². The first kappa shape index (κ1) is 13.2. The van der Waals surface area contributed by atoms with Crippen LogP contribution in [0.25, 0.3) is 0 Å². The van der Waals surface area contributed by atoms with E-state index in [0.29, 0.717) is 6.04 Å². The summed E-state index contributed by atoms with van der Waals surface area (Å²) >= 11 is 0. The molecule has 0 spiro atoms. The van der Waals surface area contributed by atoms with Crippen LogP contribution in [0.3, 0.4) is 0 Å². The Hall–Kier alpha value is -0.820. The second-order valence-electron chi connectivity index (χ2n) is 6.38. The van der Waals surface area contributed by atoms with Crippen molar-refractivity contribution in [2.24, 2.45) is 0 Å². The molecule has 0 amide bonds. The highest BCUT2D eigenvalue weighted by atomic mass is 14.9. The third-order valence-electron chi connectivity index (χ3n) is 5.16. The zero-order valence-corrected chi connectivity index (χ0v) is 12.3. The third kappa shape index (κ3) is 2.86. The smallest absolute Gasteiger partial charge is 0.0320 e. The molecule has 1 nitrogen and oxygen atoms in total. The van der Waals surface area contributed by atoms with Gasteiger partial charge in [-0.15, -0.1) is 0 Å². The van der Waals surface area contributed by atoms with Crippen molar-refractivity contribution in [1.29, 1.82) is 0 Å². The van der Waals surface area contributed by atoms with Crippen molar-refractivity contribution in [2.45, 2.75) is 69.7 Å². The molecule has 1 atom stereocenters. The molecule has 0 aliphatic heterocycles. The molecule has 1 fully saturated rings. The summed E-state index contributed by atoms with van der Waals surface area (Å²) in [6, 6.07) is 7.97. The van der Waals surface area contributed by atoms with E-state index in [9.17, 15) is 0 Å². The Labute approximate surface area is 117 Å². The molecule has 2 aliphatic carbocycles. The molecule has 0 heterocycles. The van der Waals surface area contributed by atoms with Crippen LogP contribution in [0.1, 0.15) is 80.0 Å². The van der Waals surface area contributed by atoms with Crippen LogP contribution in [0.2, 0.25) is 0 Å². The van der Waals surface area contributed by atoms with E-state index in [4.69, 9.17) is 0 Å². The molecule has 3 rings (SSSR count). The first-order chi connectivity index (χ1) is 9.38. The van der Waals surface area contributed by atoms with Crippen LogP contribution >= 0.6 is 0 Å². The van der Waals surface area contributed by atoms with Crippen LogP contribution in [-0.2, 0) is 6.42 Å². The summed E-state index contributed by atoms with van der Waals surface area (Å²) in [5.41, 5.74) is 4.81. The SMILES string of the molecule is CNC1CCCCc2ccc(C3CCCCC3)cc21. The molecule has 1 heteroatoms. The van der Waals surface area contributed by atoms with E-state index in [1.807, 2.05) is 0 Å². The van der Waals surface area contributed by atoms with E-state index in [2.05, 4.69) is 30.6 Å². The predicted octanol–water partition coefficient (Wildman–Crippen LogP) is 4.72. The van der Waals surface area contributed by atoms with E-state index in [-0.39, 0.29) is 0 Å². The lowest BCUT2D eigenvalue weighted by molar-refractivity contribution is 0.442. The lowest BCUT2D eigenvalue weighted by atomic mass is 9.82. The van der Waals surface area contributed by atoms with Crippen molar-refractivity contribution in [3.05, 3.63) is 34.9 Å². The number of benzene rings is 1. The summed E-state index contributed by atoms with van der Waals surface area (Å²) in [5, 5.41) is 3.53. The topological polar surface area (TPSA) is 12.0 Å². The van der Waals surface area contributed by atoms with Crippen molar-refractivity contribution in [3.63, 3.8) is 0 Å². The summed E-state index contributed by atoms with van der Waals surface area (Å²) in [4.78, 5) is 0. The fourth-order valence-corrected chi connectivity index (χ4v) is 3.97. The van der Waals surface area contributed by atoms with Crippen LogP contribution in [0.4, 0.5) is 0 Å². The second-order valence-corrected chi connectivity index (χ2v) is 6.38. The van der Waals surface area contributed by atoms with Crippen LogP contribution < -0.4 is 5.32 Å². The highest BCUT2D eigenvalue weighted by Gasteiger charge is 2.21. The minimum atomic E-state index is 0.584. The largest absolute Gasteiger partial charge is 0.313 e. The molecular formula is C18H27N. The summed E-state index contributed by atoms with van der Waals surface area (Å²) < 4.78 is 0. The van der Waals surface area contributed by atoms with Crippen molar-refractivity contribution in [1.82, 2.24) is 5.32 Å². The highest BCUT2D eigenvalue weighted by Crippen LogP contribution is 2.36. The Balaban J connectivity index is 1.89. The van der Waals surface area contributed by atoms with E-state index >= 15 is 0 Å². The van der Waals surface area contributed by atoms with Gasteiger partial charge in [0.2, 0.25) is 0 Å². The number of hydrogen-bond donors (Lipinski definition) is 1. The molecule has 19 heavy (non-hydrogen) atoms. The maximum atomic E-state index is 3.53. The van der Waals surface area contributed by atoms with Crippen molar-refractivity contribution >= 4 is 0 Å². The van der Waals surface area contributed by atoms with E-state index < -0.39 is 0 Å². The Kier molecular flexibility index (Phi) is 4.22. The number of fused-ring (bicyclic) bond motifs is 1.